The van der Waals surface area contributed by atoms with E-state index in [1.807, 2.05) is 38.8 Å². The Morgan fingerprint density at radius 2 is 1.65 bits per heavy atom. The third-order valence-corrected chi connectivity index (χ3v) is 2.77. The summed E-state index contributed by atoms with van der Waals surface area (Å²) < 4.78 is 0.980. The first-order valence-corrected chi connectivity index (χ1v) is 6.14. The lowest BCUT2D eigenvalue weighted by atomic mass is 10.1. The van der Waals surface area contributed by atoms with Crippen molar-refractivity contribution in [3.8, 4) is 11.1 Å². The molecule has 0 aliphatic rings. The second-order valence-electron chi connectivity index (χ2n) is 4.21. The number of halogens is 1. The van der Waals surface area contributed by atoms with Gasteiger partial charge in [-0.1, -0.05) is 0 Å². The van der Waals surface area contributed by atoms with Gasteiger partial charge in [0.25, 0.3) is 0 Å². The van der Waals surface area contributed by atoms with E-state index >= 15 is 0 Å². The molecule has 0 amide bonds. The summed E-state index contributed by atoms with van der Waals surface area (Å²) in [5, 5.41) is 0. The molecule has 0 aliphatic carbocycles. The quantitative estimate of drug-likeness (QED) is 0.871. The van der Waals surface area contributed by atoms with Crippen molar-refractivity contribution in [3.63, 3.8) is 0 Å². The molecule has 0 unspecified atom stereocenters. The van der Waals surface area contributed by atoms with E-state index in [9.17, 15) is 0 Å². The topological polar surface area (TPSA) is 29.0 Å². The fraction of sp³-hybridized carbons (Fsp3) is 0.231. The summed E-state index contributed by atoms with van der Waals surface area (Å²) in [5.41, 5.74) is 3.37. The van der Waals surface area contributed by atoms with Gasteiger partial charge in [0.15, 0.2) is 0 Å². The molecular weight excluding hydrogens is 278 g/mol. The summed E-state index contributed by atoms with van der Waals surface area (Å²) in [6.07, 6.45) is 7.39. The first-order chi connectivity index (χ1) is 8.15. The minimum absolute atomic E-state index is 0.891. The van der Waals surface area contributed by atoms with Crippen LogP contribution in [0.4, 0.5) is 0 Å². The van der Waals surface area contributed by atoms with Crippen LogP contribution in [0.3, 0.4) is 0 Å². The van der Waals surface area contributed by atoms with Crippen molar-refractivity contribution in [2.75, 3.05) is 14.1 Å². The molecule has 3 nitrogen and oxygen atoms in total. The minimum Gasteiger partial charge on any atom is -0.305 e. The van der Waals surface area contributed by atoms with Crippen molar-refractivity contribution in [1.82, 2.24) is 14.9 Å². The molecule has 88 valence electrons. The van der Waals surface area contributed by atoms with Crippen molar-refractivity contribution < 1.29 is 0 Å². The van der Waals surface area contributed by atoms with E-state index in [0.717, 1.165) is 22.1 Å². The van der Waals surface area contributed by atoms with Crippen molar-refractivity contribution in [3.05, 3.63) is 47.0 Å². The molecule has 17 heavy (non-hydrogen) atoms. The van der Waals surface area contributed by atoms with Gasteiger partial charge in [-0.3, -0.25) is 9.97 Å². The molecule has 2 rings (SSSR count). The predicted molar refractivity (Wildman–Crippen MR) is 72.6 cm³/mol. The fourth-order valence-corrected chi connectivity index (χ4v) is 2.03. The zero-order valence-electron chi connectivity index (χ0n) is 9.89. The SMILES string of the molecule is CN(C)Cc1cncc(-c2cncc(Br)c2)c1. The van der Waals surface area contributed by atoms with Gasteiger partial charge in [0.2, 0.25) is 0 Å². The molecule has 0 atom stereocenters. The average molecular weight is 292 g/mol. The largest absolute Gasteiger partial charge is 0.305 e. The lowest BCUT2D eigenvalue weighted by molar-refractivity contribution is 0.402. The molecule has 0 saturated heterocycles. The molecule has 0 bridgehead atoms. The maximum absolute atomic E-state index is 4.27. The monoisotopic (exact) mass is 291 g/mol. The van der Waals surface area contributed by atoms with Gasteiger partial charge in [0.05, 0.1) is 0 Å². The average Bonchev–Trinajstić information content (AvgIpc) is 2.28. The van der Waals surface area contributed by atoms with Gasteiger partial charge in [-0.25, -0.2) is 0 Å². The molecule has 2 aromatic rings. The van der Waals surface area contributed by atoms with E-state index in [2.05, 4.69) is 36.9 Å². The molecule has 0 fully saturated rings. The number of pyridine rings is 2. The summed E-state index contributed by atoms with van der Waals surface area (Å²) in [6, 6.07) is 4.19. The summed E-state index contributed by atoms with van der Waals surface area (Å²) in [5.74, 6) is 0. The van der Waals surface area contributed by atoms with E-state index in [1.54, 1.807) is 6.20 Å². The Kier molecular flexibility index (Phi) is 3.86. The molecular formula is C13H14BrN3. The number of nitrogens with zero attached hydrogens (tertiary/aromatic N) is 3. The Labute approximate surface area is 110 Å². The molecule has 0 aromatic carbocycles. The molecule has 0 radical (unpaired) electrons. The van der Waals surface area contributed by atoms with E-state index < -0.39 is 0 Å². The molecule has 0 aliphatic heterocycles. The highest BCUT2D eigenvalue weighted by Gasteiger charge is 2.02. The molecule has 2 aromatic heterocycles. The molecule has 0 spiro atoms. The zero-order valence-corrected chi connectivity index (χ0v) is 11.5. The van der Waals surface area contributed by atoms with Crippen molar-refractivity contribution in [2.45, 2.75) is 6.54 Å². The van der Waals surface area contributed by atoms with E-state index in [4.69, 9.17) is 0 Å². The Morgan fingerprint density at radius 1 is 1.00 bits per heavy atom. The van der Waals surface area contributed by atoms with Crippen LogP contribution < -0.4 is 0 Å². The van der Waals surface area contributed by atoms with Crippen LogP contribution in [0.2, 0.25) is 0 Å². The maximum Gasteiger partial charge on any atom is 0.0410 e. The number of aromatic nitrogens is 2. The molecule has 0 N–H and O–H groups in total. The van der Waals surface area contributed by atoms with Gasteiger partial charge in [0.1, 0.15) is 0 Å². The summed E-state index contributed by atoms with van der Waals surface area (Å²) in [6.45, 7) is 0.891. The third-order valence-electron chi connectivity index (χ3n) is 2.33. The predicted octanol–water partition coefficient (Wildman–Crippen LogP) is 2.97. The Hall–Kier alpha value is -1.26. The molecule has 0 saturated carbocycles. The van der Waals surface area contributed by atoms with E-state index in [1.165, 1.54) is 5.56 Å². The second kappa shape index (κ2) is 5.38. The van der Waals surface area contributed by atoms with Crippen LogP contribution in [0, 0.1) is 0 Å². The highest BCUT2D eigenvalue weighted by Crippen LogP contribution is 2.21. The molecule has 4 heteroatoms. The van der Waals surface area contributed by atoms with Crippen molar-refractivity contribution in [1.29, 1.82) is 0 Å². The third kappa shape index (κ3) is 3.35. The first-order valence-electron chi connectivity index (χ1n) is 5.35. The summed E-state index contributed by atoms with van der Waals surface area (Å²) in [4.78, 5) is 10.6. The lowest BCUT2D eigenvalue weighted by Crippen LogP contribution is -2.10. The zero-order chi connectivity index (χ0) is 12.3. The Bertz CT molecular complexity index is 512. The van der Waals surface area contributed by atoms with Gasteiger partial charge in [-0.2, -0.15) is 0 Å². The van der Waals surface area contributed by atoms with Gasteiger partial charge >= 0.3 is 0 Å². The van der Waals surface area contributed by atoms with Crippen LogP contribution >= 0.6 is 15.9 Å². The maximum atomic E-state index is 4.27. The Balaban J connectivity index is 2.33. The summed E-state index contributed by atoms with van der Waals surface area (Å²) in [7, 11) is 4.10. The lowest BCUT2D eigenvalue weighted by Gasteiger charge is -2.10. The summed E-state index contributed by atoms with van der Waals surface area (Å²) >= 11 is 3.43. The smallest absolute Gasteiger partial charge is 0.0410 e. The standard InChI is InChI=1S/C13H14BrN3/c1-17(2)9-10-3-11(6-15-5-10)12-4-13(14)8-16-7-12/h3-8H,9H2,1-2H3. The first kappa shape index (κ1) is 12.2. The van der Waals surface area contributed by atoms with Gasteiger partial charge in [-0.15, -0.1) is 0 Å². The highest BCUT2D eigenvalue weighted by atomic mass is 79.9. The van der Waals surface area contributed by atoms with Gasteiger partial charge in [-0.05, 0) is 47.7 Å². The minimum atomic E-state index is 0.891. The van der Waals surface area contributed by atoms with Crippen LogP contribution in [0.1, 0.15) is 5.56 Å². The number of rotatable bonds is 3. The normalized spacial score (nSPS) is 10.8. The van der Waals surface area contributed by atoms with Gasteiger partial charge < -0.3 is 4.90 Å². The van der Waals surface area contributed by atoms with E-state index in [0.29, 0.717) is 0 Å². The molecule has 2 heterocycles. The second-order valence-corrected chi connectivity index (χ2v) is 5.13. The van der Waals surface area contributed by atoms with Crippen molar-refractivity contribution in [2.24, 2.45) is 0 Å². The van der Waals surface area contributed by atoms with Crippen LogP contribution in [-0.4, -0.2) is 29.0 Å². The fourth-order valence-electron chi connectivity index (χ4n) is 1.67. The number of hydrogen-bond acceptors (Lipinski definition) is 3. The highest BCUT2D eigenvalue weighted by molar-refractivity contribution is 9.10. The Morgan fingerprint density at radius 3 is 2.29 bits per heavy atom. The van der Waals surface area contributed by atoms with Crippen LogP contribution in [-0.2, 0) is 6.54 Å². The van der Waals surface area contributed by atoms with E-state index in [-0.39, 0.29) is 0 Å². The van der Waals surface area contributed by atoms with Crippen molar-refractivity contribution >= 4 is 15.9 Å². The number of hydrogen-bond donors (Lipinski definition) is 0. The van der Waals surface area contributed by atoms with Gasteiger partial charge in [0, 0.05) is 46.9 Å². The van der Waals surface area contributed by atoms with Crippen LogP contribution in [0.25, 0.3) is 11.1 Å². The van der Waals surface area contributed by atoms with Crippen LogP contribution in [0.15, 0.2) is 41.4 Å². The van der Waals surface area contributed by atoms with Crippen LogP contribution in [0.5, 0.6) is 0 Å².